The second-order valence-corrected chi connectivity index (χ2v) is 10.9. The molecule has 1 heterocycles. The molecule has 36 heavy (non-hydrogen) atoms. The highest BCUT2D eigenvalue weighted by molar-refractivity contribution is 9.11. The van der Waals surface area contributed by atoms with Crippen LogP contribution >= 0.6 is 47.8 Å². The molecular formula is C27H24Br3N3O3. The third-order valence-electron chi connectivity index (χ3n) is 5.82. The van der Waals surface area contributed by atoms with Crippen molar-refractivity contribution in [2.24, 2.45) is 5.10 Å². The van der Waals surface area contributed by atoms with Crippen molar-refractivity contribution in [3.05, 3.63) is 95.3 Å². The average molecular weight is 678 g/mol. The van der Waals surface area contributed by atoms with Crippen molar-refractivity contribution in [2.45, 2.75) is 32.8 Å². The maximum Gasteiger partial charge on any atom is 0.282 e. The van der Waals surface area contributed by atoms with Crippen LogP contribution in [0.25, 0.3) is 10.9 Å². The van der Waals surface area contributed by atoms with E-state index in [2.05, 4.69) is 59.8 Å². The molecule has 4 rings (SSSR count). The molecular weight excluding hydrogens is 654 g/mol. The fourth-order valence-corrected chi connectivity index (χ4v) is 5.16. The summed E-state index contributed by atoms with van der Waals surface area (Å²) in [7, 11) is 1.59. The van der Waals surface area contributed by atoms with E-state index in [-0.39, 0.29) is 11.5 Å². The van der Waals surface area contributed by atoms with Crippen LogP contribution in [0.1, 0.15) is 43.1 Å². The van der Waals surface area contributed by atoms with Crippen molar-refractivity contribution in [3.8, 4) is 11.5 Å². The zero-order valence-corrected chi connectivity index (χ0v) is 24.7. The van der Waals surface area contributed by atoms with E-state index >= 15 is 0 Å². The van der Waals surface area contributed by atoms with Gasteiger partial charge in [0, 0.05) is 30.5 Å². The Labute approximate surface area is 234 Å². The molecule has 0 amide bonds. The summed E-state index contributed by atoms with van der Waals surface area (Å²) in [6.07, 6.45) is 2.44. The number of fused-ring (bicyclic) bond motifs is 1. The summed E-state index contributed by atoms with van der Waals surface area (Å²) in [6.45, 7) is 4.41. The van der Waals surface area contributed by atoms with Crippen molar-refractivity contribution in [3.63, 3.8) is 0 Å². The number of rotatable bonds is 8. The van der Waals surface area contributed by atoms with Crippen LogP contribution in [0, 0.1) is 0 Å². The largest absolute Gasteiger partial charge is 0.493 e. The first-order valence-electron chi connectivity index (χ1n) is 11.3. The van der Waals surface area contributed by atoms with Gasteiger partial charge in [-0.2, -0.15) is 9.78 Å². The fraction of sp³-hybridized carbons (Fsp3) is 0.222. The van der Waals surface area contributed by atoms with E-state index in [9.17, 15) is 4.79 Å². The Balaban J connectivity index is 1.77. The first kappa shape index (κ1) is 26.6. The van der Waals surface area contributed by atoms with Gasteiger partial charge in [-0.1, -0.05) is 73.8 Å². The zero-order valence-electron chi connectivity index (χ0n) is 20.0. The third-order valence-corrected chi connectivity index (χ3v) is 7.54. The number of benzene rings is 3. The minimum atomic E-state index is -0.225. The molecule has 186 valence electrons. The number of methoxy groups -OCH3 is 1. The summed E-state index contributed by atoms with van der Waals surface area (Å²) < 4.78 is 15.9. The van der Waals surface area contributed by atoms with Crippen LogP contribution in [0.15, 0.2) is 77.9 Å². The number of ether oxygens (including phenoxy) is 2. The Morgan fingerprint density at radius 1 is 1.08 bits per heavy atom. The minimum absolute atomic E-state index is 0.0404. The molecule has 0 aliphatic heterocycles. The maximum atomic E-state index is 13.5. The number of nitrogens with zero attached hydrogens (tertiary/aromatic N) is 3. The summed E-state index contributed by atoms with van der Waals surface area (Å²) in [5, 5.41) is 5.09. The minimum Gasteiger partial charge on any atom is -0.493 e. The van der Waals surface area contributed by atoms with E-state index < -0.39 is 0 Å². The molecule has 0 saturated heterocycles. The van der Waals surface area contributed by atoms with Crippen LogP contribution < -0.4 is 15.0 Å². The van der Waals surface area contributed by atoms with Crippen molar-refractivity contribution < 1.29 is 9.47 Å². The van der Waals surface area contributed by atoms with Gasteiger partial charge in [0.1, 0.15) is 12.4 Å². The van der Waals surface area contributed by atoms with Crippen LogP contribution in [0.2, 0.25) is 0 Å². The van der Waals surface area contributed by atoms with Crippen molar-refractivity contribution >= 4 is 64.9 Å². The molecule has 0 unspecified atom stereocenters. The number of halogens is 3. The Morgan fingerprint density at radius 3 is 2.56 bits per heavy atom. The molecule has 0 radical (unpaired) electrons. The van der Waals surface area contributed by atoms with Gasteiger partial charge >= 0.3 is 0 Å². The summed E-state index contributed by atoms with van der Waals surface area (Å²) >= 11 is 10.5. The molecule has 9 heteroatoms. The topological polar surface area (TPSA) is 65.7 Å². The van der Waals surface area contributed by atoms with Gasteiger partial charge < -0.3 is 9.47 Å². The molecule has 0 spiro atoms. The Bertz CT molecular complexity index is 1500. The average Bonchev–Trinajstić information content (AvgIpc) is 2.87. The molecule has 0 fully saturated rings. The van der Waals surface area contributed by atoms with Gasteiger partial charge in [-0.25, -0.2) is 4.98 Å². The van der Waals surface area contributed by atoms with Crippen molar-refractivity contribution in [2.75, 3.05) is 7.11 Å². The third kappa shape index (κ3) is 5.74. The molecule has 4 aromatic rings. The lowest BCUT2D eigenvalue weighted by molar-refractivity contribution is 0.283. The summed E-state index contributed by atoms with van der Waals surface area (Å²) in [4.78, 5) is 18.2. The Morgan fingerprint density at radius 2 is 1.83 bits per heavy atom. The number of hydrogen-bond donors (Lipinski definition) is 0. The van der Waals surface area contributed by atoms with E-state index in [1.165, 1.54) is 4.68 Å². The SMILES string of the molecule is CC[C@@H](C)c1nc2ccc(Br)cc2c(=O)n1N=Cc1cccc(OC)c1OCc1ccc(Br)cc1Br. The number of aromatic nitrogens is 2. The van der Waals surface area contributed by atoms with Crippen molar-refractivity contribution in [1.82, 2.24) is 9.66 Å². The van der Waals surface area contributed by atoms with E-state index in [0.717, 1.165) is 25.4 Å². The predicted molar refractivity (Wildman–Crippen MR) is 155 cm³/mol. The molecule has 0 saturated carbocycles. The molecule has 0 aliphatic rings. The Kier molecular flexibility index (Phi) is 8.64. The van der Waals surface area contributed by atoms with Gasteiger partial charge in [0.25, 0.3) is 5.56 Å². The summed E-state index contributed by atoms with van der Waals surface area (Å²) in [5.74, 6) is 1.76. The van der Waals surface area contributed by atoms with Crippen LogP contribution in [-0.2, 0) is 6.61 Å². The molecule has 1 aromatic heterocycles. The predicted octanol–water partition coefficient (Wildman–Crippen LogP) is 7.67. The first-order chi connectivity index (χ1) is 17.3. The molecule has 6 nitrogen and oxygen atoms in total. The van der Waals surface area contributed by atoms with E-state index in [1.54, 1.807) is 19.4 Å². The fourth-order valence-electron chi connectivity index (χ4n) is 3.64. The molecule has 1 atom stereocenters. The van der Waals surface area contributed by atoms with E-state index in [4.69, 9.17) is 14.5 Å². The van der Waals surface area contributed by atoms with E-state index in [0.29, 0.717) is 40.4 Å². The highest BCUT2D eigenvalue weighted by Crippen LogP contribution is 2.32. The quantitative estimate of drug-likeness (QED) is 0.180. The van der Waals surface area contributed by atoms with Crippen LogP contribution in [0.3, 0.4) is 0 Å². The lowest BCUT2D eigenvalue weighted by Crippen LogP contribution is -2.23. The molecule has 3 aromatic carbocycles. The van der Waals surface area contributed by atoms with Gasteiger partial charge in [-0.3, -0.25) is 4.79 Å². The van der Waals surface area contributed by atoms with Crippen molar-refractivity contribution in [1.29, 1.82) is 0 Å². The van der Waals surface area contributed by atoms with Gasteiger partial charge in [0.15, 0.2) is 11.5 Å². The van der Waals surface area contributed by atoms with E-state index in [1.807, 2.05) is 55.5 Å². The standard InChI is InChI=1S/C27H24Br3N3O3/c1-4-16(2)26-32-23-11-10-19(28)12-21(23)27(34)33(26)31-14-17-6-5-7-24(35-3)25(17)36-15-18-8-9-20(29)13-22(18)30/h5-14,16H,4,15H2,1-3H3/t16-/m1/s1. The highest BCUT2D eigenvalue weighted by atomic mass is 79.9. The molecule has 0 N–H and O–H groups in total. The monoisotopic (exact) mass is 675 g/mol. The smallest absolute Gasteiger partial charge is 0.282 e. The van der Waals surface area contributed by atoms with Crippen LogP contribution in [0.4, 0.5) is 0 Å². The van der Waals surface area contributed by atoms with Gasteiger partial charge in [0.05, 0.1) is 24.2 Å². The molecule has 0 aliphatic carbocycles. The summed E-state index contributed by atoms with van der Waals surface area (Å²) in [6, 6.07) is 17.0. The molecule has 0 bridgehead atoms. The van der Waals surface area contributed by atoms with Gasteiger partial charge in [0.2, 0.25) is 0 Å². The lowest BCUT2D eigenvalue weighted by Gasteiger charge is -2.15. The first-order valence-corrected chi connectivity index (χ1v) is 13.7. The zero-order chi connectivity index (χ0) is 25.8. The van der Waals surface area contributed by atoms with Gasteiger partial charge in [-0.05, 0) is 48.9 Å². The number of hydrogen-bond acceptors (Lipinski definition) is 5. The maximum absolute atomic E-state index is 13.5. The second-order valence-electron chi connectivity index (χ2n) is 8.21. The number of para-hydroxylation sites is 1. The summed E-state index contributed by atoms with van der Waals surface area (Å²) in [5.41, 5.74) is 2.08. The van der Waals surface area contributed by atoms with Crippen LogP contribution in [-0.4, -0.2) is 23.0 Å². The highest BCUT2D eigenvalue weighted by Gasteiger charge is 2.16. The van der Waals surface area contributed by atoms with Gasteiger partial charge in [-0.15, -0.1) is 0 Å². The van der Waals surface area contributed by atoms with Crippen LogP contribution in [0.5, 0.6) is 11.5 Å². The lowest BCUT2D eigenvalue weighted by atomic mass is 10.1. The second kappa shape index (κ2) is 11.7. The Hall–Kier alpha value is -2.49. The normalized spacial score (nSPS) is 12.3.